The van der Waals surface area contributed by atoms with Crippen LogP contribution in [0.5, 0.6) is 11.5 Å². The van der Waals surface area contributed by atoms with E-state index in [0.717, 1.165) is 0 Å². The molecule has 25 heavy (non-hydrogen) atoms. The number of hydrogen-bond acceptors (Lipinski definition) is 4. The van der Waals surface area contributed by atoms with Crippen molar-refractivity contribution in [3.8, 4) is 11.5 Å². The van der Waals surface area contributed by atoms with E-state index in [1.165, 1.54) is 32.2 Å². The largest absolute Gasteiger partial charge is 0.496 e. The molecule has 0 aliphatic rings. The Labute approximate surface area is 144 Å². The van der Waals surface area contributed by atoms with Gasteiger partial charge >= 0.3 is 0 Å². The summed E-state index contributed by atoms with van der Waals surface area (Å²) in [4.78, 5) is 23.0. The third kappa shape index (κ3) is 5.49. The molecule has 132 valence electrons. The van der Waals surface area contributed by atoms with E-state index in [1.54, 1.807) is 24.3 Å². The number of ether oxygens (including phenoxy) is 2. The SMILES string of the molecule is COc1ccc(NC(C)=O)cc1CNC(=O)COc1ccccc1F. The number of anilines is 1. The lowest BCUT2D eigenvalue weighted by Gasteiger charge is -2.12. The van der Waals surface area contributed by atoms with Crippen LogP contribution in [0.1, 0.15) is 12.5 Å². The maximum atomic E-state index is 13.4. The molecule has 2 aromatic rings. The second-order valence-corrected chi connectivity index (χ2v) is 5.20. The zero-order chi connectivity index (χ0) is 18.2. The maximum Gasteiger partial charge on any atom is 0.258 e. The number of carbonyl (C=O) groups excluding carboxylic acids is 2. The molecule has 2 rings (SSSR count). The van der Waals surface area contributed by atoms with Gasteiger partial charge in [-0.25, -0.2) is 4.39 Å². The minimum absolute atomic E-state index is 0.0166. The van der Waals surface area contributed by atoms with Gasteiger partial charge in [0.1, 0.15) is 5.75 Å². The molecule has 0 aliphatic carbocycles. The molecule has 2 aromatic carbocycles. The second kappa shape index (κ2) is 8.68. The zero-order valence-corrected chi connectivity index (χ0v) is 14.0. The van der Waals surface area contributed by atoms with Crippen LogP contribution >= 0.6 is 0 Å². The van der Waals surface area contributed by atoms with Gasteiger partial charge in [-0.1, -0.05) is 12.1 Å². The van der Waals surface area contributed by atoms with Gasteiger partial charge in [-0.15, -0.1) is 0 Å². The van der Waals surface area contributed by atoms with Crippen LogP contribution in [0.4, 0.5) is 10.1 Å². The van der Waals surface area contributed by atoms with Crippen molar-refractivity contribution in [3.05, 3.63) is 53.8 Å². The third-order valence-electron chi connectivity index (χ3n) is 3.27. The van der Waals surface area contributed by atoms with E-state index in [0.29, 0.717) is 17.0 Å². The molecular weight excluding hydrogens is 327 g/mol. The van der Waals surface area contributed by atoms with Crippen molar-refractivity contribution in [2.24, 2.45) is 0 Å². The number of benzene rings is 2. The summed E-state index contributed by atoms with van der Waals surface area (Å²) < 4.78 is 23.8. The van der Waals surface area contributed by atoms with Crippen molar-refractivity contribution in [2.45, 2.75) is 13.5 Å². The third-order valence-corrected chi connectivity index (χ3v) is 3.27. The highest BCUT2D eigenvalue weighted by atomic mass is 19.1. The molecule has 0 spiro atoms. The molecule has 0 saturated carbocycles. The summed E-state index contributed by atoms with van der Waals surface area (Å²) in [6, 6.07) is 11.0. The summed E-state index contributed by atoms with van der Waals surface area (Å²) in [6.07, 6.45) is 0. The predicted molar refractivity (Wildman–Crippen MR) is 91.0 cm³/mol. The van der Waals surface area contributed by atoms with Gasteiger partial charge in [0, 0.05) is 24.7 Å². The van der Waals surface area contributed by atoms with Gasteiger partial charge in [-0.3, -0.25) is 9.59 Å². The van der Waals surface area contributed by atoms with Crippen molar-refractivity contribution in [3.63, 3.8) is 0 Å². The summed E-state index contributed by atoms with van der Waals surface area (Å²) in [5.41, 5.74) is 1.29. The zero-order valence-electron chi connectivity index (χ0n) is 14.0. The predicted octanol–water partition coefficient (Wildman–Crippen LogP) is 2.49. The Kier molecular flexibility index (Phi) is 6.33. The highest BCUT2D eigenvalue weighted by Gasteiger charge is 2.09. The highest BCUT2D eigenvalue weighted by molar-refractivity contribution is 5.88. The highest BCUT2D eigenvalue weighted by Crippen LogP contribution is 2.22. The van der Waals surface area contributed by atoms with Gasteiger partial charge in [0.2, 0.25) is 5.91 Å². The molecule has 0 bridgehead atoms. The van der Waals surface area contributed by atoms with E-state index in [-0.39, 0.29) is 24.8 Å². The fourth-order valence-electron chi connectivity index (χ4n) is 2.15. The number of halogens is 1. The van der Waals surface area contributed by atoms with Gasteiger partial charge in [0.25, 0.3) is 5.91 Å². The van der Waals surface area contributed by atoms with E-state index in [1.807, 2.05) is 0 Å². The van der Waals surface area contributed by atoms with E-state index in [2.05, 4.69) is 10.6 Å². The lowest BCUT2D eigenvalue weighted by Crippen LogP contribution is -2.28. The van der Waals surface area contributed by atoms with Crippen molar-refractivity contribution in [1.82, 2.24) is 5.32 Å². The van der Waals surface area contributed by atoms with E-state index in [9.17, 15) is 14.0 Å². The average molecular weight is 346 g/mol. The number of nitrogens with one attached hydrogen (secondary N) is 2. The summed E-state index contributed by atoms with van der Waals surface area (Å²) in [7, 11) is 1.51. The topological polar surface area (TPSA) is 76.7 Å². The first-order valence-electron chi connectivity index (χ1n) is 7.58. The molecule has 0 atom stereocenters. The Balaban J connectivity index is 1.94. The average Bonchev–Trinajstić information content (AvgIpc) is 2.59. The minimum Gasteiger partial charge on any atom is -0.496 e. The van der Waals surface area contributed by atoms with Gasteiger partial charge in [-0.2, -0.15) is 0 Å². The van der Waals surface area contributed by atoms with Crippen molar-refractivity contribution >= 4 is 17.5 Å². The molecule has 0 aromatic heterocycles. The number of carbonyl (C=O) groups is 2. The first kappa shape index (κ1) is 18.3. The number of methoxy groups -OCH3 is 1. The van der Waals surface area contributed by atoms with Gasteiger partial charge < -0.3 is 20.1 Å². The van der Waals surface area contributed by atoms with E-state index >= 15 is 0 Å². The first-order valence-corrected chi connectivity index (χ1v) is 7.58. The molecule has 2 amide bonds. The lowest BCUT2D eigenvalue weighted by molar-refractivity contribution is -0.123. The van der Waals surface area contributed by atoms with Crippen molar-refractivity contribution in [2.75, 3.05) is 19.0 Å². The molecule has 6 nitrogen and oxygen atoms in total. The molecule has 0 fully saturated rings. The van der Waals surface area contributed by atoms with Crippen LogP contribution in [-0.2, 0) is 16.1 Å². The monoisotopic (exact) mass is 346 g/mol. The maximum absolute atomic E-state index is 13.4. The molecule has 7 heteroatoms. The number of amides is 2. The van der Waals surface area contributed by atoms with E-state index in [4.69, 9.17) is 9.47 Å². The number of para-hydroxylation sites is 1. The number of hydrogen-bond donors (Lipinski definition) is 2. The summed E-state index contributed by atoms with van der Waals surface area (Å²) in [6.45, 7) is 1.27. The molecule has 0 heterocycles. The van der Waals surface area contributed by atoms with Gasteiger partial charge in [0.05, 0.1) is 7.11 Å². The van der Waals surface area contributed by atoms with Gasteiger partial charge in [-0.05, 0) is 30.3 Å². The normalized spacial score (nSPS) is 10.0. The summed E-state index contributed by atoms with van der Waals surface area (Å²) >= 11 is 0. The lowest BCUT2D eigenvalue weighted by atomic mass is 10.1. The molecule has 0 unspecified atom stereocenters. The summed E-state index contributed by atoms with van der Waals surface area (Å²) in [5.74, 6) is -0.541. The van der Waals surface area contributed by atoms with Gasteiger partial charge in [0.15, 0.2) is 18.2 Å². The molecule has 0 radical (unpaired) electrons. The van der Waals surface area contributed by atoms with Crippen molar-refractivity contribution in [1.29, 1.82) is 0 Å². The van der Waals surface area contributed by atoms with E-state index < -0.39 is 11.7 Å². The molecule has 0 aliphatic heterocycles. The molecular formula is C18H19FN2O4. The van der Waals surface area contributed by atoms with Crippen LogP contribution < -0.4 is 20.1 Å². The van der Waals surface area contributed by atoms with Crippen LogP contribution in [0.15, 0.2) is 42.5 Å². The Morgan fingerprint density at radius 1 is 1.12 bits per heavy atom. The Morgan fingerprint density at radius 2 is 1.88 bits per heavy atom. The van der Waals surface area contributed by atoms with Crippen LogP contribution in [0.2, 0.25) is 0 Å². The quantitative estimate of drug-likeness (QED) is 0.808. The number of rotatable bonds is 7. The fraction of sp³-hybridized carbons (Fsp3) is 0.222. The van der Waals surface area contributed by atoms with Crippen LogP contribution in [0.3, 0.4) is 0 Å². The Hall–Kier alpha value is -3.09. The Bertz CT molecular complexity index is 764. The minimum atomic E-state index is -0.528. The van der Waals surface area contributed by atoms with Crippen molar-refractivity contribution < 1.29 is 23.5 Å². The first-order chi connectivity index (χ1) is 12.0. The molecule has 2 N–H and O–H groups in total. The fourth-order valence-corrected chi connectivity index (χ4v) is 2.15. The van der Waals surface area contributed by atoms with Crippen LogP contribution in [0.25, 0.3) is 0 Å². The van der Waals surface area contributed by atoms with Crippen LogP contribution in [-0.4, -0.2) is 25.5 Å². The summed E-state index contributed by atoms with van der Waals surface area (Å²) in [5, 5.41) is 5.33. The molecule has 0 saturated heterocycles. The second-order valence-electron chi connectivity index (χ2n) is 5.20. The standard InChI is InChI=1S/C18H19FN2O4/c1-12(22)21-14-7-8-16(24-2)13(9-14)10-20-18(23)11-25-17-6-4-3-5-15(17)19/h3-9H,10-11H2,1-2H3,(H,20,23)(H,21,22). The smallest absolute Gasteiger partial charge is 0.258 e. The van der Waals surface area contributed by atoms with Crippen LogP contribution in [0, 0.1) is 5.82 Å². The Morgan fingerprint density at radius 3 is 2.56 bits per heavy atom.